The lowest BCUT2D eigenvalue weighted by Crippen LogP contribution is -2.09. The number of nitrogens with zero attached hydrogens (tertiary/aromatic N) is 2. The van der Waals surface area contributed by atoms with E-state index in [1.807, 2.05) is 14.1 Å². The molecule has 0 amide bonds. The lowest BCUT2D eigenvalue weighted by Gasteiger charge is -2.04. The van der Waals surface area contributed by atoms with E-state index in [0.717, 1.165) is 25.7 Å². The van der Waals surface area contributed by atoms with E-state index in [1.54, 1.807) is 17.3 Å². The van der Waals surface area contributed by atoms with Crippen LogP contribution in [-0.2, 0) is 4.74 Å². The molecule has 0 atom stereocenters. The van der Waals surface area contributed by atoms with Crippen molar-refractivity contribution in [2.24, 2.45) is 10.9 Å². The summed E-state index contributed by atoms with van der Waals surface area (Å²) in [7, 11) is 5.02. The summed E-state index contributed by atoms with van der Waals surface area (Å²) in [5, 5.41) is 0. The second kappa shape index (κ2) is 6.85. The molecule has 0 aromatic carbocycles. The molecule has 2 rings (SSSR count). The van der Waals surface area contributed by atoms with Crippen LogP contribution >= 0.6 is 11.3 Å². The van der Waals surface area contributed by atoms with Crippen molar-refractivity contribution in [1.29, 1.82) is 0 Å². The van der Waals surface area contributed by atoms with Crippen molar-refractivity contribution in [1.82, 2.24) is 4.90 Å². The van der Waals surface area contributed by atoms with Gasteiger partial charge < -0.3 is 9.64 Å². The molecule has 0 radical (unpaired) electrons. The molecular formula is C15H20N2O3S. The molecule has 0 aliphatic heterocycles. The van der Waals surface area contributed by atoms with Crippen LogP contribution in [0.25, 0.3) is 0 Å². The Kier molecular flexibility index (Phi) is 5.12. The number of esters is 1. The highest BCUT2D eigenvalue weighted by Gasteiger charge is 2.27. The summed E-state index contributed by atoms with van der Waals surface area (Å²) >= 11 is 1.18. The average Bonchev–Trinajstić information content (AvgIpc) is 3.12. The Labute approximate surface area is 128 Å². The van der Waals surface area contributed by atoms with Gasteiger partial charge in [0.25, 0.3) is 0 Å². The van der Waals surface area contributed by atoms with Crippen molar-refractivity contribution in [3.05, 3.63) is 15.8 Å². The summed E-state index contributed by atoms with van der Waals surface area (Å²) < 4.78 is 4.77. The van der Waals surface area contributed by atoms with Crippen LogP contribution in [0.2, 0.25) is 0 Å². The maximum absolute atomic E-state index is 12.5. The maximum atomic E-state index is 12.5. The average molecular weight is 308 g/mol. The molecule has 1 aromatic heterocycles. The van der Waals surface area contributed by atoms with Gasteiger partial charge in [0.1, 0.15) is 4.88 Å². The second-order valence-corrected chi connectivity index (χ2v) is 6.42. The summed E-state index contributed by atoms with van der Waals surface area (Å²) in [5.74, 6) is -0.217. The molecule has 6 heteroatoms. The van der Waals surface area contributed by atoms with Gasteiger partial charge in [-0.1, -0.05) is 12.8 Å². The Balaban J connectivity index is 2.30. The Morgan fingerprint density at radius 3 is 2.62 bits per heavy atom. The number of hydrogen-bond donors (Lipinski definition) is 0. The third-order valence-electron chi connectivity index (χ3n) is 3.48. The van der Waals surface area contributed by atoms with Crippen LogP contribution in [0.1, 0.15) is 45.0 Å². The van der Waals surface area contributed by atoms with Crippen LogP contribution in [0, 0.1) is 5.92 Å². The van der Waals surface area contributed by atoms with Crippen LogP contribution in [0.5, 0.6) is 0 Å². The minimum Gasteiger partial charge on any atom is -0.465 e. The first-order chi connectivity index (χ1) is 10.0. The normalized spacial score (nSPS) is 15.6. The minimum atomic E-state index is -0.448. The van der Waals surface area contributed by atoms with Gasteiger partial charge in [-0.25, -0.2) is 9.79 Å². The number of ketones is 1. The third kappa shape index (κ3) is 3.69. The SMILES string of the molecule is COC(=O)c1sc(C(=O)C2CCCC2)cc1N=CN(C)C. The van der Waals surface area contributed by atoms with Gasteiger partial charge in [-0.15, -0.1) is 11.3 Å². The van der Waals surface area contributed by atoms with Crippen molar-refractivity contribution in [2.45, 2.75) is 25.7 Å². The van der Waals surface area contributed by atoms with E-state index in [0.29, 0.717) is 15.4 Å². The number of carbonyl (C=O) groups is 2. The molecule has 114 valence electrons. The molecule has 0 unspecified atom stereocenters. The molecule has 1 saturated carbocycles. The number of rotatable bonds is 5. The van der Waals surface area contributed by atoms with E-state index in [2.05, 4.69) is 4.99 Å². The van der Waals surface area contributed by atoms with Crippen molar-refractivity contribution < 1.29 is 14.3 Å². The predicted molar refractivity (Wildman–Crippen MR) is 83.8 cm³/mol. The molecular weight excluding hydrogens is 288 g/mol. The highest BCUT2D eigenvalue weighted by molar-refractivity contribution is 7.16. The minimum absolute atomic E-state index is 0.0971. The molecule has 0 spiro atoms. The van der Waals surface area contributed by atoms with Crippen molar-refractivity contribution in [3.63, 3.8) is 0 Å². The zero-order chi connectivity index (χ0) is 15.4. The highest BCUT2D eigenvalue weighted by atomic mass is 32.1. The fraction of sp³-hybridized carbons (Fsp3) is 0.533. The summed E-state index contributed by atoms with van der Waals surface area (Å²) in [6.07, 6.45) is 5.72. The van der Waals surface area contributed by atoms with Crippen LogP contribution in [0.15, 0.2) is 11.1 Å². The molecule has 0 bridgehead atoms. The smallest absolute Gasteiger partial charge is 0.350 e. The second-order valence-electron chi connectivity index (χ2n) is 5.37. The number of aliphatic imine (C=N–C) groups is 1. The number of Topliss-reactive ketones (excluding diaryl/α,β-unsaturated/α-hetero) is 1. The largest absolute Gasteiger partial charge is 0.465 e. The standard InChI is InChI=1S/C15H20N2O3S/c1-17(2)9-16-11-8-12(21-14(11)15(19)20-3)13(18)10-6-4-5-7-10/h8-10H,4-7H2,1-3H3. The first-order valence-corrected chi connectivity index (χ1v) is 7.81. The lowest BCUT2D eigenvalue weighted by atomic mass is 10.0. The van der Waals surface area contributed by atoms with Crippen LogP contribution in [0.3, 0.4) is 0 Å². The fourth-order valence-corrected chi connectivity index (χ4v) is 3.45. The van der Waals surface area contributed by atoms with Crippen molar-refractivity contribution in [2.75, 3.05) is 21.2 Å². The van der Waals surface area contributed by atoms with Crippen LogP contribution in [-0.4, -0.2) is 44.2 Å². The Bertz CT molecular complexity index is 557. The molecule has 21 heavy (non-hydrogen) atoms. The van der Waals surface area contributed by atoms with E-state index >= 15 is 0 Å². The van der Waals surface area contributed by atoms with Gasteiger partial charge in [-0.2, -0.15) is 0 Å². The maximum Gasteiger partial charge on any atom is 0.350 e. The van der Waals surface area contributed by atoms with E-state index in [-0.39, 0.29) is 11.7 Å². The highest BCUT2D eigenvalue weighted by Crippen LogP contribution is 2.35. The number of ether oxygens (including phenoxy) is 1. The molecule has 1 aromatic rings. The first-order valence-electron chi connectivity index (χ1n) is 7.00. The van der Waals surface area contributed by atoms with Gasteiger partial charge in [0.05, 0.1) is 24.0 Å². The van der Waals surface area contributed by atoms with Crippen molar-refractivity contribution in [3.8, 4) is 0 Å². The van der Waals surface area contributed by atoms with Gasteiger partial charge in [0.2, 0.25) is 0 Å². The van der Waals surface area contributed by atoms with E-state index in [9.17, 15) is 9.59 Å². The molecule has 0 saturated heterocycles. The van der Waals surface area contributed by atoms with Gasteiger partial charge in [0.15, 0.2) is 5.78 Å². The van der Waals surface area contributed by atoms with E-state index < -0.39 is 5.97 Å². The molecule has 0 N–H and O–H groups in total. The van der Waals surface area contributed by atoms with Gasteiger partial charge in [-0.3, -0.25) is 4.79 Å². The van der Waals surface area contributed by atoms with E-state index in [4.69, 9.17) is 4.74 Å². The fourth-order valence-electron chi connectivity index (χ4n) is 2.40. The summed E-state index contributed by atoms with van der Waals surface area (Å²) in [4.78, 5) is 31.3. The van der Waals surface area contributed by atoms with Crippen LogP contribution in [0.4, 0.5) is 5.69 Å². The monoisotopic (exact) mass is 308 g/mol. The Morgan fingerprint density at radius 2 is 2.05 bits per heavy atom. The van der Waals surface area contributed by atoms with Gasteiger partial charge in [-0.05, 0) is 18.9 Å². The molecule has 1 aliphatic carbocycles. The van der Waals surface area contributed by atoms with Gasteiger partial charge >= 0.3 is 5.97 Å². The number of hydrogen-bond acceptors (Lipinski definition) is 5. The van der Waals surface area contributed by atoms with Gasteiger partial charge in [0, 0.05) is 20.0 Å². The summed E-state index contributed by atoms with van der Waals surface area (Å²) in [6.45, 7) is 0. The zero-order valence-electron chi connectivity index (χ0n) is 12.6. The number of methoxy groups -OCH3 is 1. The zero-order valence-corrected chi connectivity index (χ0v) is 13.4. The first kappa shape index (κ1) is 15.7. The quantitative estimate of drug-likeness (QED) is 0.363. The van der Waals surface area contributed by atoms with Crippen LogP contribution < -0.4 is 0 Å². The van der Waals surface area contributed by atoms with Crippen molar-refractivity contribution >= 4 is 35.1 Å². The molecule has 1 heterocycles. The Hall–Kier alpha value is -1.69. The summed E-state index contributed by atoms with van der Waals surface area (Å²) in [6, 6.07) is 1.71. The lowest BCUT2D eigenvalue weighted by molar-refractivity contribution is 0.0607. The molecule has 5 nitrogen and oxygen atoms in total. The Morgan fingerprint density at radius 1 is 1.38 bits per heavy atom. The third-order valence-corrected chi connectivity index (χ3v) is 4.60. The van der Waals surface area contributed by atoms with E-state index in [1.165, 1.54) is 18.4 Å². The predicted octanol–water partition coefficient (Wildman–Crippen LogP) is 3.13. The molecule has 1 aliphatic rings. The number of thiophene rings is 1. The number of carbonyl (C=O) groups excluding carboxylic acids is 2. The topological polar surface area (TPSA) is 59.0 Å². The molecule has 1 fully saturated rings. The summed E-state index contributed by atoms with van der Waals surface area (Å²) in [5.41, 5.74) is 0.502.